The Morgan fingerprint density at radius 1 is 1.23 bits per heavy atom. The Balaban J connectivity index is 2.03. The van der Waals surface area contributed by atoms with Gasteiger partial charge in [0, 0.05) is 23.6 Å². The monoisotopic (exact) mass is 359 g/mol. The summed E-state index contributed by atoms with van der Waals surface area (Å²) in [4.78, 5) is 28.0. The Morgan fingerprint density at radius 3 is 2.58 bits per heavy atom. The zero-order valence-electron chi connectivity index (χ0n) is 16.2. The number of alkyl carbamates (subject to hydrolysis) is 1. The minimum Gasteiger partial charge on any atom is -0.444 e. The molecule has 2 unspecified atom stereocenters. The number of fused-ring (bicyclic) bond motifs is 1. The third-order valence-corrected chi connectivity index (χ3v) is 4.30. The number of hydrogen-bond acceptors (Lipinski definition) is 3. The molecule has 0 spiro atoms. The fraction of sp³-hybridized carbons (Fsp3) is 0.500. The maximum atomic E-state index is 12.7. The van der Waals surface area contributed by atoms with E-state index in [4.69, 9.17) is 4.74 Å². The topological polar surface area (TPSA) is 83.2 Å². The normalized spacial score (nSPS) is 13.9. The van der Waals surface area contributed by atoms with Crippen molar-refractivity contribution in [2.24, 2.45) is 5.92 Å². The van der Waals surface area contributed by atoms with Gasteiger partial charge >= 0.3 is 6.09 Å². The van der Waals surface area contributed by atoms with Gasteiger partial charge in [0.05, 0.1) is 0 Å². The lowest BCUT2D eigenvalue weighted by Crippen LogP contribution is -2.51. The molecular weight excluding hydrogens is 330 g/mol. The first-order valence-electron chi connectivity index (χ1n) is 9.03. The summed E-state index contributed by atoms with van der Waals surface area (Å²) < 4.78 is 5.29. The summed E-state index contributed by atoms with van der Waals surface area (Å²) in [6.45, 7) is 9.70. The smallest absolute Gasteiger partial charge is 0.408 e. The fourth-order valence-corrected chi connectivity index (χ4v) is 2.71. The minimum atomic E-state index is -0.639. The average Bonchev–Trinajstić information content (AvgIpc) is 2.98. The summed E-state index contributed by atoms with van der Waals surface area (Å²) in [5.41, 5.74) is 1.43. The lowest BCUT2D eigenvalue weighted by molar-refractivity contribution is -0.124. The molecule has 0 saturated heterocycles. The van der Waals surface area contributed by atoms with E-state index in [0.29, 0.717) is 6.54 Å². The lowest BCUT2D eigenvalue weighted by atomic mass is 9.98. The highest BCUT2D eigenvalue weighted by molar-refractivity contribution is 5.87. The molecule has 3 N–H and O–H groups in total. The van der Waals surface area contributed by atoms with E-state index >= 15 is 0 Å². The second-order valence-electron chi connectivity index (χ2n) is 7.59. The number of para-hydroxylation sites is 1. The predicted molar refractivity (Wildman–Crippen MR) is 103 cm³/mol. The molecule has 1 aromatic heterocycles. The number of amides is 2. The lowest BCUT2D eigenvalue weighted by Gasteiger charge is -2.26. The van der Waals surface area contributed by atoms with Crippen molar-refractivity contribution in [3.8, 4) is 0 Å². The quantitative estimate of drug-likeness (QED) is 0.735. The number of ether oxygens (including phenoxy) is 1. The van der Waals surface area contributed by atoms with E-state index in [1.165, 1.54) is 0 Å². The molecule has 0 bridgehead atoms. The zero-order valence-corrected chi connectivity index (χ0v) is 16.2. The summed E-state index contributed by atoms with van der Waals surface area (Å²) in [5.74, 6) is -0.221. The van der Waals surface area contributed by atoms with Crippen molar-refractivity contribution >= 4 is 22.9 Å². The molecule has 6 nitrogen and oxygen atoms in total. The molecule has 0 aliphatic heterocycles. The molecular formula is C20H29N3O3. The molecule has 0 aliphatic rings. The maximum absolute atomic E-state index is 12.7. The van der Waals surface area contributed by atoms with Crippen LogP contribution in [0.15, 0.2) is 30.5 Å². The first-order chi connectivity index (χ1) is 12.2. The predicted octanol–water partition coefficient (Wildman–Crippen LogP) is 3.72. The SMILES string of the molecule is CCC(C)C(NC(=O)OC(C)(C)C)C(=O)NCc1c[nH]c2ccccc12. The van der Waals surface area contributed by atoms with Crippen LogP contribution in [0, 0.1) is 5.92 Å². The first-order valence-corrected chi connectivity index (χ1v) is 9.03. The zero-order chi connectivity index (χ0) is 19.3. The molecule has 2 rings (SSSR count). The largest absolute Gasteiger partial charge is 0.444 e. The Labute approximate surface area is 154 Å². The number of aromatic amines is 1. The van der Waals surface area contributed by atoms with Gasteiger partial charge < -0.3 is 20.4 Å². The number of benzene rings is 1. The molecule has 142 valence electrons. The number of rotatable bonds is 6. The Kier molecular flexibility index (Phi) is 6.29. The number of H-pyrrole nitrogens is 1. The number of hydrogen-bond donors (Lipinski definition) is 3. The highest BCUT2D eigenvalue weighted by Crippen LogP contribution is 2.18. The molecule has 0 aliphatic carbocycles. The van der Waals surface area contributed by atoms with Gasteiger partial charge in [-0.25, -0.2) is 4.79 Å². The number of nitrogens with one attached hydrogen (secondary N) is 3. The van der Waals surface area contributed by atoms with Crippen molar-refractivity contribution in [3.05, 3.63) is 36.0 Å². The summed E-state index contributed by atoms with van der Waals surface area (Å²) in [5, 5.41) is 6.72. The molecule has 0 radical (unpaired) electrons. The van der Waals surface area contributed by atoms with Gasteiger partial charge in [-0.3, -0.25) is 4.79 Å². The van der Waals surface area contributed by atoms with Crippen LogP contribution < -0.4 is 10.6 Å². The van der Waals surface area contributed by atoms with Crippen LogP contribution in [-0.2, 0) is 16.1 Å². The van der Waals surface area contributed by atoms with Crippen LogP contribution >= 0.6 is 0 Å². The van der Waals surface area contributed by atoms with E-state index in [1.54, 1.807) is 20.8 Å². The Morgan fingerprint density at radius 2 is 1.92 bits per heavy atom. The van der Waals surface area contributed by atoms with Gasteiger partial charge in [-0.05, 0) is 38.3 Å². The van der Waals surface area contributed by atoms with Crippen LogP contribution in [0.25, 0.3) is 10.9 Å². The molecule has 2 atom stereocenters. The van der Waals surface area contributed by atoms with Crippen molar-refractivity contribution in [2.45, 2.75) is 59.2 Å². The van der Waals surface area contributed by atoms with Gasteiger partial charge in [0.2, 0.25) is 5.91 Å². The number of carbonyl (C=O) groups excluding carboxylic acids is 2. The fourth-order valence-electron chi connectivity index (χ4n) is 2.71. The Bertz CT molecular complexity index is 761. The van der Waals surface area contributed by atoms with Crippen molar-refractivity contribution in [1.29, 1.82) is 0 Å². The summed E-state index contributed by atoms with van der Waals surface area (Å²) >= 11 is 0. The third kappa shape index (κ3) is 5.25. The first kappa shape index (κ1) is 19.8. The molecule has 1 aromatic carbocycles. The van der Waals surface area contributed by atoms with E-state index in [2.05, 4.69) is 15.6 Å². The molecule has 2 amide bonds. The van der Waals surface area contributed by atoms with Gasteiger partial charge in [0.1, 0.15) is 11.6 Å². The standard InChI is InChI=1S/C20H29N3O3/c1-6-13(2)17(23-19(25)26-20(3,4)5)18(24)22-12-14-11-21-16-10-8-7-9-15(14)16/h7-11,13,17,21H,6,12H2,1-5H3,(H,22,24)(H,23,25). The van der Waals surface area contributed by atoms with Crippen molar-refractivity contribution in [2.75, 3.05) is 0 Å². The van der Waals surface area contributed by atoms with E-state index in [-0.39, 0.29) is 11.8 Å². The number of aromatic nitrogens is 1. The summed E-state index contributed by atoms with van der Waals surface area (Å²) in [7, 11) is 0. The molecule has 6 heteroatoms. The van der Waals surface area contributed by atoms with Crippen LogP contribution in [0.5, 0.6) is 0 Å². The van der Waals surface area contributed by atoms with E-state index in [0.717, 1.165) is 22.9 Å². The van der Waals surface area contributed by atoms with Crippen LogP contribution in [-0.4, -0.2) is 28.6 Å². The van der Waals surface area contributed by atoms with Crippen LogP contribution in [0.3, 0.4) is 0 Å². The molecule has 0 saturated carbocycles. The molecule has 26 heavy (non-hydrogen) atoms. The minimum absolute atomic E-state index is 0.00881. The second-order valence-corrected chi connectivity index (χ2v) is 7.59. The van der Waals surface area contributed by atoms with Crippen molar-refractivity contribution < 1.29 is 14.3 Å². The summed E-state index contributed by atoms with van der Waals surface area (Å²) in [6.07, 6.45) is 2.08. The summed E-state index contributed by atoms with van der Waals surface area (Å²) in [6, 6.07) is 7.30. The van der Waals surface area contributed by atoms with Gasteiger partial charge in [-0.1, -0.05) is 38.5 Å². The Hall–Kier alpha value is -2.50. The third-order valence-electron chi connectivity index (χ3n) is 4.30. The van der Waals surface area contributed by atoms with E-state index < -0.39 is 17.7 Å². The van der Waals surface area contributed by atoms with Gasteiger partial charge in [-0.15, -0.1) is 0 Å². The van der Waals surface area contributed by atoms with Crippen molar-refractivity contribution in [1.82, 2.24) is 15.6 Å². The highest BCUT2D eigenvalue weighted by Gasteiger charge is 2.28. The average molecular weight is 359 g/mol. The molecule has 2 aromatic rings. The van der Waals surface area contributed by atoms with Crippen LogP contribution in [0.4, 0.5) is 4.79 Å². The number of carbonyl (C=O) groups is 2. The molecule has 1 heterocycles. The van der Waals surface area contributed by atoms with E-state index in [1.807, 2.05) is 44.3 Å². The van der Waals surface area contributed by atoms with E-state index in [9.17, 15) is 9.59 Å². The highest BCUT2D eigenvalue weighted by atomic mass is 16.6. The van der Waals surface area contributed by atoms with Gasteiger partial charge in [0.25, 0.3) is 0 Å². The van der Waals surface area contributed by atoms with Crippen LogP contribution in [0.1, 0.15) is 46.6 Å². The maximum Gasteiger partial charge on any atom is 0.408 e. The van der Waals surface area contributed by atoms with Gasteiger partial charge in [0.15, 0.2) is 0 Å². The second kappa shape index (κ2) is 8.25. The van der Waals surface area contributed by atoms with Crippen molar-refractivity contribution in [3.63, 3.8) is 0 Å². The van der Waals surface area contributed by atoms with Crippen LogP contribution in [0.2, 0.25) is 0 Å². The van der Waals surface area contributed by atoms with Gasteiger partial charge in [-0.2, -0.15) is 0 Å². The molecule has 0 fully saturated rings.